The number of aromatic nitrogens is 1. The second-order valence-corrected chi connectivity index (χ2v) is 9.82. The normalized spacial score (nSPS) is 12.1. The summed E-state index contributed by atoms with van der Waals surface area (Å²) in [4.78, 5) is 13.1. The highest BCUT2D eigenvalue weighted by molar-refractivity contribution is 7.87. The van der Waals surface area contributed by atoms with Crippen molar-refractivity contribution in [2.75, 3.05) is 17.6 Å². The van der Waals surface area contributed by atoms with Crippen molar-refractivity contribution in [3.05, 3.63) is 42.5 Å². The van der Waals surface area contributed by atoms with Crippen LogP contribution < -0.4 is 15.2 Å². The molecule has 0 saturated heterocycles. The fourth-order valence-corrected chi connectivity index (χ4v) is 3.89. The molecule has 0 saturated carbocycles. The second-order valence-electron chi connectivity index (χ2n) is 7.21. The summed E-state index contributed by atoms with van der Waals surface area (Å²) in [6, 6.07) is 10.9. The first-order chi connectivity index (χ1) is 15.1. The number of carboxylic acids is 1. The number of nitrogens with one attached hydrogen (secondary N) is 1. The van der Waals surface area contributed by atoms with E-state index in [0.717, 1.165) is 4.70 Å². The van der Waals surface area contributed by atoms with E-state index in [1.54, 1.807) is 38.1 Å². The molecule has 0 fully saturated rings. The first-order valence-corrected chi connectivity index (χ1v) is 11.3. The number of thiazole rings is 1. The Kier molecular flexibility index (Phi) is 7.77. The third-order valence-electron chi connectivity index (χ3n) is 3.69. The molecule has 3 aromatic rings. The largest absolute Gasteiger partial charge is 0.490 e. The predicted octanol–water partition coefficient (Wildman–Crippen LogP) is 3.46. The van der Waals surface area contributed by atoms with Gasteiger partial charge in [0.2, 0.25) is 0 Å². The Morgan fingerprint density at radius 3 is 2.27 bits per heavy atom. The number of nitrogens with two attached hydrogens (primary N) is 1. The zero-order valence-electron chi connectivity index (χ0n) is 17.3. The van der Waals surface area contributed by atoms with Gasteiger partial charge in [0.25, 0.3) is 0 Å². The highest BCUT2D eigenvalue weighted by atomic mass is 32.2. The number of rotatable bonds is 6. The van der Waals surface area contributed by atoms with E-state index in [-0.39, 0.29) is 10.6 Å². The van der Waals surface area contributed by atoms with Gasteiger partial charge in [0.1, 0.15) is 10.6 Å². The van der Waals surface area contributed by atoms with Gasteiger partial charge in [-0.25, -0.2) is 9.78 Å². The minimum atomic E-state index is -5.08. The van der Waals surface area contributed by atoms with Crippen molar-refractivity contribution in [1.82, 2.24) is 4.98 Å². The minimum absolute atomic E-state index is 0.0372. The maximum atomic E-state index is 12.5. The van der Waals surface area contributed by atoms with Crippen LogP contribution in [0.1, 0.15) is 13.8 Å². The van der Waals surface area contributed by atoms with E-state index in [2.05, 4.69) is 10.3 Å². The van der Waals surface area contributed by atoms with Gasteiger partial charge in [-0.2, -0.15) is 21.6 Å². The van der Waals surface area contributed by atoms with Gasteiger partial charge in [0.15, 0.2) is 5.13 Å². The highest BCUT2D eigenvalue weighted by Crippen LogP contribution is 2.29. The highest BCUT2D eigenvalue weighted by Gasteiger charge is 2.38. The lowest BCUT2D eigenvalue weighted by molar-refractivity contribution is -0.192. The molecule has 1 aromatic heterocycles. The van der Waals surface area contributed by atoms with Crippen LogP contribution in [-0.2, 0) is 14.9 Å². The Morgan fingerprint density at radius 2 is 1.76 bits per heavy atom. The molecule has 0 aliphatic carbocycles. The number of nitrogens with zero attached hydrogens (tertiary/aromatic N) is 1. The smallest absolute Gasteiger partial charge is 0.475 e. The number of nitrogen functional groups attached to an aromatic ring is 1. The fourth-order valence-electron chi connectivity index (χ4n) is 2.21. The van der Waals surface area contributed by atoms with Gasteiger partial charge in [-0.15, -0.1) is 0 Å². The Labute approximate surface area is 190 Å². The lowest BCUT2D eigenvalue weighted by Crippen LogP contribution is -2.29. The fraction of sp³-hybridized carbons (Fsp3) is 0.263. The van der Waals surface area contributed by atoms with E-state index in [4.69, 9.17) is 19.8 Å². The van der Waals surface area contributed by atoms with Crippen molar-refractivity contribution in [3.63, 3.8) is 0 Å². The van der Waals surface area contributed by atoms with E-state index in [0.29, 0.717) is 22.9 Å². The Morgan fingerprint density at radius 1 is 1.18 bits per heavy atom. The lowest BCUT2D eigenvalue weighted by atomic mass is 10.1. The van der Waals surface area contributed by atoms with E-state index >= 15 is 0 Å². The molecule has 14 heteroatoms. The number of benzene rings is 2. The van der Waals surface area contributed by atoms with Crippen LogP contribution in [0.2, 0.25) is 0 Å². The number of anilines is 2. The zero-order chi connectivity index (χ0) is 25.0. The molecule has 5 N–H and O–H groups in total. The standard InChI is InChI=1S/C17H19N3O4S2.C2HF3O2/c1-17(2,21)10-19-11-3-6-13(7-4-11)26(22,23)24-12-5-8-14-15(9-12)25-16(18)20-14;3-2(4,5)1(6)7/h3-9,19,21H,10H2,1-2H3,(H2,18,20);(H,6,7). The van der Waals surface area contributed by atoms with Gasteiger partial charge < -0.3 is 25.4 Å². The van der Waals surface area contributed by atoms with Crippen LogP contribution in [0.3, 0.4) is 0 Å². The molecule has 33 heavy (non-hydrogen) atoms. The van der Waals surface area contributed by atoms with Crippen LogP contribution in [0.5, 0.6) is 5.75 Å². The van der Waals surface area contributed by atoms with Crippen molar-refractivity contribution in [1.29, 1.82) is 0 Å². The molecule has 0 atom stereocenters. The van der Waals surface area contributed by atoms with E-state index in [1.165, 1.54) is 29.5 Å². The molecule has 0 aliphatic heterocycles. The van der Waals surface area contributed by atoms with Gasteiger partial charge in [-0.3, -0.25) is 0 Å². The molecule has 2 aromatic carbocycles. The summed E-state index contributed by atoms with van der Waals surface area (Å²) >= 11 is 1.26. The molecular formula is C19H20F3N3O6S2. The van der Waals surface area contributed by atoms with Crippen molar-refractivity contribution in [2.45, 2.75) is 30.5 Å². The summed E-state index contributed by atoms with van der Waals surface area (Å²) < 4.78 is 62.6. The summed E-state index contributed by atoms with van der Waals surface area (Å²) in [7, 11) is -3.96. The molecule has 0 spiro atoms. The summed E-state index contributed by atoms with van der Waals surface area (Å²) in [5.41, 5.74) is 6.18. The van der Waals surface area contributed by atoms with Crippen LogP contribution in [0, 0.1) is 0 Å². The van der Waals surface area contributed by atoms with Crippen molar-refractivity contribution in [2.24, 2.45) is 0 Å². The number of carboxylic acid groups (broad SMARTS) is 1. The quantitative estimate of drug-likeness (QED) is 0.368. The average molecular weight is 508 g/mol. The topological polar surface area (TPSA) is 152 Å². The summed E-state index contributed by atoms with van der Waals surface area (Å²) in [6.45, 7) is 3.70. The van der Waals surface area contributed by atoms with Gasteiger partial charge in [0, 0.05) is 18.3 Å². The van der Waals surface area contributed by atoms with Crippen molar-refractivity contribution < 1.29 is 40.8 Å². The molecule has 0 aliphatic rings. The molecule has 3 rings (SSSR count). The zero-order valence-corrected chi connectivity index (χ0v) is 18.9. The van der Waals surface area contributed by atoms with E-state index in [9.17, 15) is 26.7 Å². The Balaban J connectivity index is 0.000000479. The third-order valence-corrected chi connectivity index (χ3v) is 5.80. The lowest BCUT2D eigenvalue weighted by Gasteiger charge is -2.18. The number of alkyl halides is 3. The second kappa shape index (κ2) is 9.80. The van der Waals surface area contributed by atoms with Gasteiger partial charge in [0.05, 0.1) is 15.8 Å². The molecule has 180 valence electrons. The number of aliphatic hydroxyl groups is 1. The van der Waals surface area contributed by atoms with E-state index < -0.39 is 27.9 Å². The molecule has 9 nitrogen and oxygen atoms in total. The SMILES string of the molecule is CC(C)(O)CNc1ccc(S(=O)(=O)Oc2ccc3nc(N)sc3c2)cc1.O=C(O)C(F)(F)F. The number of fused-ring (bicyclic) bond motifs is 1. The van der Waals surface area contributed by atoms with Crippen LogP contribution in [0.15, 0.2) is 47.4 Å². The van der Waals surface area contributed by atoms with Crippen LogP contribution >= 0.6 is 11.3 Å². The molecule has 0 amide bonds. The number of halogens is 3. The van der Waals surface area contributed by atoms with Crippen LogP contribution in [0.25, 0.3) is 10.2 Å². The number of hydrogen-bond acceptors (Lipinski definition) is 9. The van der Waals surface area contributed by atoms with Crippen molar-refractivity contribution in [3.8, 4) is 5.75 Å². The first-order valence-electron chi connectivity index (χ1n) is 9.04. The molecule has 1 heterocycles. The first kappa shape index (κ1) is 26.2. The number of carbonyl (C=O) groups is 1. The average Bonchev–Trinajstić information content (AvgIpc) is 3.05. The summed E-state index contributed by atoms with van der Waals surface area (Å²) in [5.74, 6) is -2.56. The molecule has 0 radical (unpaired) electrons. The minimum Gasteiger partial charge on any atom is -0.475 e. The Hall–Kier alpha value is -3.10. The van der Waals surface area contributed by atoms with Gasteiger partial charge in [-0.1, -0.05) is 11.3 Å². The maximum Gasteiger partial charge on any atom is 0.490 e. The number of hydrogen-bond donors (Lipinski definition) is 4. The monoisotopic (exact) mass is 507 g/mol. The predicted molar refractivity (Wildman–Crippen MR) is 117 cm³/mol. The molecule has 0 bridgehead atoms. The Bertz CT molecular complexity index is 1220. The molecule has 0 unspecified atom stereocenters. The van der Waals surface area contributed by atoms with Crippen LogP contribution in [-0.4, -0.2) is 47.9 Å². The summed E-state index contributed by atoms with van der Waals surface area (Å²) in [6.07, 6.45) is -5.08. The van der Waals surface area contributed by atoms with Gasteiger partial charge >= 0.3 is 22.3 Å². The van der Waals surface area contributed by atoms with Gasteiger partial charge in [-0.05, 0) is 50.2 Å². The summed E-state index contributed by atoms with van der Waals surface area (Å²) in [5, 5.41) is 20.3. The van der Waals surface area contributed by atoms with Crippen LogP contribution in [0.4, 0.5) is 24.0 Å². The van der Waals surface area contributed by atoms with Crippen molar-refractivity contribution >= 4 is 48.5 Å². The number of aliphatic carboxylic acids is 1. The molecular weight excluding hydrogens is 487 g/mol. The van der Waals surface area contributed by atoms with E-state index in [1.807, 2.05) is 0 Å². The third kappa shape index (κ3) is 8.07. The maximum absolute atomic E-state index is 12.5.